The van der Waals surface area contributed by atoms with Crippen LogP contribution in [-0.2, 0) is 4.79 Å². The van der Waals surface area contributed by atoms with Crippen molar-refractivity contribution in [3.05, 3.63) is 12.2 Å². The molecule has 0 bridgehead atoms. The average molecular weight is 175 g/mol. The zero-order valence-corrected chi connectivity index (χ0v) is 7.86. The lowest BCUT2D eigenvalue weighted by Crippen LogP contribution is -2.19. The molecule has 1 aliphatic rings. The van der Waals surface area contributed by atoms with Gasteiger partial charge in [-0.3, -0.25) is 4.79 Å². The molecule has 0 saturated carbocycles. The third-order valence-corrected chi connectivity index (χ3v) is 3.13. The number of amides is 1. The van der Waals surface area contributed by atoms with Gasteiger partial charge in [0.2, 0.25) is 5.91 Å². The average Bonchev–Trinajstić information content (AvgIpc) is 2.13. The van der Waals surface area contributed by atoms with Gasteiger partial charge in [0.1, 0.15) is 0 Å². The maximum absolute atomic E-state index is 11.1. The molecule has 0 N–H and O–H groups in total. The summed E-state index contributed by atoms with van der Waals surface area (Å²) in [5.41, 5.74) is 0. The van der Waals surface area contributed by atoms with Crippen molar-refractivity contribution in [2.45, 2.75) is 12.8 Å². The lowest BCUT2D eigenvalue weighted by atomic mass is 10.3. The molecule has 56 valence electrons. The van der Waals surface area contributed by atoms with Gasteiger partial charge in [-0.1, -0.05) is 15.0 Å². The number of nitrogens with zero attached hydrogens (tertiary/aromatic N) is 1. The smallest absolute Gasteiger partial charge is 0.249 e. The third-order valence-electron chi connectivity index (χ3n) is 1.43. The molecular weight excluding hydrogens is 164 g/mol. The Kier molecular flexibility index (Phi) is 3.31. The summed E-state index contributed by atoms with van der Waals surface area (Å²) < 4.78 is 1.86. The standard InChI is InChI=1S/C6H11NOP2/c8-6-4-2-1-3-5-7(6)10-9/h2,4,10H,1,3,5,9H2. The molecule has 0 aliphatic carbocycles. The van der Waals surface area contributed by atoms with E-state index in [4.69, 9.17) is 0 Å². The van der Waals surface area contributed by atoms with E-state index in [1.807, 2.05) is 10.7 Å². The third kappa shape index (κ3) is 2.04. The van der Waals surface area contributed by atoms with Crippen molar-refractivity contribution < 1.29 is 4.79 Å². The Bertz CT molecular complexity index is 158. The van der Waals surface area contributed by atoms with Crippen LogP contribution < -0.4 is 0 Å². The number of rotatable bonds is 1. The van der Waals surface area contributed by atoms with Crippen LogP contribution in [-0.4, -0.2) is 17.1 Å². The van der Waals surface area contributed by atoms with Crippen molar-refractivity contribution in [3.8, 4) is 0 Å². The van der Waals surface area contributed by atoms with Crippen LogP contribution in [0.1, 0.15) is 12.8 Å². The minimum atomic E-state index is 0.158. The van der Waals surface area contributed by atoms with Crippen molar-refractivity contribution in [3.63, 3.8) is 0 Å². The fourth-order valence-electron chi connectivity index (χ4n) is 0.880. The van der Waals surface area contributed by atoms with Crippen LogP contribution in [0.25, 0.3) is 0 Å². The molecule has 4 heteroatoms. The second kappa shape index (κ2) is 4.05. The Morgan fingerprint density at radius 1 is 1.70 bits per heavy atom. The van der Waals surface area contributed by atoms with E-state index in [0.717, 1.165) is 19.4 Å². The number of hydrogen-bond acceptors (Lipinski definition) is 1. The summed E-state index contributed by atoms with van der Waals surface area (Å²) in [6.07, 6.45) is 5.76. The first-order valence-corrected chi connectivity index (χ1v) is 6.04. The summed E-state index contributed by atoms with van der Waals surface area (Å²) in [5, 5.41) is 0. The predicted molar refractivity (Wildman–Crippen MR) is 48.1 cm³/mol. The highest BCUT2D eigenvalue weighted by Crippen LogP contribution is 2.28. The van der Waals surface area contributed by atoms with Gasteiger partial charge in [0.05, 0.1) is 0 Å². The van der Waals surface area contributed by atoms with Crippen LogP contribution in [0.3, 0.4) is 0 Å². The van der Waals surface area contributed by atoms with Crippen LogP contribution in [0.15, 0.2) is 12.2 Å². The molecule has 0 aromatic rings. The summed E-state index contributed by atoms with van der Waals surface area (Å²) >= 11 is 0. The fraction of sp³-hybridized carbons (Fsp3) is 0.500. The molecule has 1 heterocycles. The molecule has 0 aromatic carbocycles. The zero-order valence-electron chi connectivity index (χ0n) is 5.71. The molecule has 10 heavy (non-hydrogen) atoms. The SMILES string of the molecule is O=C1C=CCCCN1PP. The normalized spacial score (nSPS) is 20.5. The van der Waals surface area contributed by atoms with Gasteiger partial charge in [-0.2, -0.15) is 0 Å². The first-order valence-electron chi connectivity index (χ1n) is 3.29. The van der Waals surface area contributed by atoms with Crippen LogP contribution >= 0.6 is 17.3 Å². The van der Waals surface area contributed by atoms with Crippen LogP contribution in [0.4, 0.5) is 0 Å². The van der Waals surface area contributed by atoms with Gasteiger partial charge in [0.25, 0.3) is 0 Å². The highest BCUT2D eigenvalue weighted by atomic mass is 32.0. The van der Waals surface area contributed by atoms with Gasteiger partial charge in [-0.15, -0.1) is 0 Å². The van der Waals surface area contributed by atoms with Gasteiger partial charge in [-0.05, 0) is 27.3 Å². The first kappa shape index (κ1) is 8.17. The summed E-state index contributed by atoms with van der Waals surface area (Å²) in [4.78, 5) is 11.1. The number of hydrogen-bond donors (Lipinski definition) is 0. The van der Waals surface area contributed by atoms with E-state index < -0.39 is 0 Å². The van der Waals surface area contributed by atoms with E-state index in [1.54, 1.807) is 6.08 Å². The Balaban J connectivity index is 2.55. The Morgan fingerprint density at radius 3 is 3.20 bits per heavy atom. The van der Waals surface area contributed by atoms with E-state index >= 15 is 0 Å². The summed E-state index contributed by atoms with van der Waals surface area (Å²) in [6, 6.07) is 0. The Morgan fingerprint density at radius 2 is 2.50 bits per heavy atom. The number of carbonyl (C=O) groups excluding carboxylic acids is 1. The quantitative estimate of drug-likeness (QED) is 0.553. The first-order chi connectivity index (χ1) is 4.84. The molecule has 1 amide bonds. The van der Waals surface area contributed by atoms with Crippen LogP contribution in [0, 0.1) is 0 Å². The van der Waals surface area contributed by atoms with Crippen molar-refractivity contribution in [1.82, 2.24) is 4.67 Å². The second-order valence-corrected chi connectivity index (χ2v) is 3.74. The minimum absolute atomic E-state index is 0.158. The lowest BCUT2D eigenvalue weighted by Gasteiger charge is -2.15. The molecule has 2 unspecified atom stereocenters. The van der Waals surface area contributed by atoms with Crippen molar-refractivity contribution in [1.29, 1.82) is 0 Å². The molecule has 0 spiro atoms. The Labute approximate surface area is 65.0 Å². The Hall–Kier alpha value is 0.0700. The van der Waals surface area contributed by atoms with Gasteiger partial charge in [-0.25, -0.2) is 0 Å². The molecule has 2 atom stereocenters. The number of carbonyl (C=O) groups is 1. The van der Waals surface area contributed by atoms with E-state index in [-0.39, 0.29) is 5.91 Å². The van der Waals surface area contributed by atoms with E-state index in [0.29, 0.717) is 8.42 Å². The van der Waals surface area contributed by atoms with Gasteiger partial charge < -0.3 is 4.67 Å². The monoisotopic (exact) mass is 175 g/mol. The molecule has 0 fully saturated rings. The van der Waals surface area contributed by atoms with Gasteiger partial charge in [0, 0.05) is 6.54 Å². The predicted octanol–water partition coefficient (Wildman–Crippen LogP) is 1.55. The molecule has 0 radical (unpaired) electrons. The van der Waals surface area contributed by atoms with Crippen LogP contribution in [0.5, 0.6) is 0 Å². The molecule has 1 rings (SSSR count). The van der Waals surface area contributed by atoms with E-state index in [2.05, 4.69) is 8.93 Å². The second-order valence-electron chi connectivity index (χ2n) is 2.16. The van der Waals surface area contributed by atoms with E-state index in [1.165, 1.54) is 0 Å². The van der Waals surface area contributed by atoms with Crippen molar-refractivity contribution in [2.75, 3.05) is 6.54 Å². The maximum atomic E-state index is 11.1. The zero-order chi connectivity index (χ0) is 7.40. The molecular formula is C6H11NOP2. The van der Waals surface area contributed by atoms with Crippen molar-refractivity contribution >= 4 is 23.3 Å². The van der Waals surface area contributed by atoms with E-state index in [9.17, 15) is 4.79 Å². The summed E-state index contributed by atoms with van der Waals surface area (Å²) in [5.74, 6) is 0.158. The maximum Gasteiger partial charge on any atom is 0.249 e. The highest BCUT2D eigenvalue weighted by molar-refractivity contribution is 8.01. The molecule has 1 aliphatic heterocycles. The van der Waals surface area contributed by atoms with Gasteiger partial charge >= 0.3 is 0 Å². The minimum Gasteiger partial charge on any atom is -0.318 e. The van der Waals surface area contributed by atoms with Crippen LogP contribution in [0.2, 0.25) is 0 Å². The van der Waals surface area contributed by atoms with Crippen molar-refractivity contribution in [2.24, 2.45) is 0 Å². The molecule has 0 aromatic heterocycles. The topological polar surface area (TPSA) is 20.3 Å². The molecule has 0 saturated heterocycles. The van der Waals surface area contributed by atoms with Gasteiger partial charge in [0.15, 0.2) is 0 Å². The highest BCUT2D eigenvalue weighted by Gasteiger charge is 2.09. The fourth-order valence-corrected chi connectivity index (χ4v) is 2.14. The lowest BCUT2D eigenvalue weighted by molar-refractivity contribution is -0.121. The summed E-state index contributed by atoms with van der Waals surface area (Å²) in [7, 11) is 3.12. The summed E-state index contributed by atoms with van der Waals surface area (Å²) in [6.45, 7) is 0.910. The molecule has 2 nitrogen and oxygen atoms in total. The largest absolute Gasteiger partial charge is 0.318 e. The number of allylic oxidation sites excluding steroid dienone is 1.